The molecule has 1 aromatic carbocycles. The van der Waals surface area contributed by atoms with Crippen molar-refractivity contribution >= 4 is 5.69 Å². The highest BCUT2D eigenvalue weighted by Crippen LogP contribution is 2.16. The quantitative estimate of drug-likeness (QED) is 0.883. The molecular formula is C15H23N3O2. The van der Waals surface area contributed by atoms with Gasteiger partial charge >= 0.3 is 0 Å². The van der Waals surface area contributed by atoms with E-state index in [9.17, 15) is 0 Å². The summed E-state index contributed by atoms with van der Waals surface area (Å²) in [5.74, 6) is 0. The molecule has 0 aromatic heterocycles. The minimum atomic E-state index is 0.822. The molecule has 110 valence electrons. The first-order chi connectivity index (χ1) is 9.92. The van der Waals surface area contributed by atoms with Crippen molar-refractivity contribution in [3.63, 3.8) is 0 Å². The van der Waals surface area contributed by atoms with Crippen LogP contribution in [0.15, 0.2) is 24.3 Å². The van der Waals surface area contributed by atoms with Crippen LogP contribution in [0.5, 0.6) is 0 Å². The van der Waals surface area contributed by atoms with Crippen LogP contribution in [0, 0.1) is 0 Å². The van der Waals surface area contributed by atoms with E-state index in [0.717, 1.165) is 59.2 Å². The summed E-state index contributed by atoms with van der Waals surface area (Å²) in [7, 11) is 0. The molecule has 2 heterocycles. The lowest BCUT2D eigenvalue weighted by Crippen LogP contribution is -2.45. The van der Waals surface area contributed by atoms with Gasteiger partial charge in [-0.1, -0.05) is 12.1 Å². The largest absolute Gasteiger partial charge is 0.379 e. The van der Waals surface area contributed by atoms with Gasteiger partial charge in [0.1, 0.15) is 0 Å². The van der Waals surface area contributed by atoms with Crippen molar-refractivity contribution in [1.29, 1.82) is 0 Å². The molecule has 0 spiro atoms. The maximum Gasteiger partial charge on any atom is 0.0642 e. The molecule has 5 heteroatoms. The number of anilines is 1. The average Bonchev–Trinajstić information content (AvgIpc) is 2.55. The molecule has 1 aromatic rings. The van der Waals surface area contributed by atoms with E-state index in [4.69, 9.17) is 9.47 Å². The fourth-order valence-corrected chi connectivity index (χ4v) is 2.57. The van der Waals surface area contributed by atoms with E-state index in [2.05, 4.69) is 39.6 Å². The first-order valence-electron chi connectivity index (χ1n) is 7.40. The fraction of sp³-hybridized carbons (Fsp3) is 0.600. The lowest BCUT2D eigenvalue weighted by Gasteiger charge is -2.29. The molecule has 0 amide bonds. The Labute approximate surface area is 120 Å². The van der Waals surface area contributed by atoms with Crippen LogP contribution < -0.4 is 10.3 Å². The van der Waals surface area contributed by atoms with Gasteiger partial charge in [-0.05, 0) is 17.7 Å². The number of nitrogens with one attached hydrogen (secondary N) is 1. The molecule has 2 aliphatic heterocycles. The molecular weight excluding hydrogens is 254 g/mol. The van der Waals surface area contributed by atoms with Crippen molar-refractivity contribution in [1.82, 2.24) is 10.4 Å². The fourth-order valence-electron chi connectivity index (χ4n) is 2.57. The summed E-state index contributed by atoms with van der Waals surface area (Å²) in [6.07, 6.45) is 0. The summed E-state index contributed by atoms with van der Waals surface area (Å²) in [6, 6.07) is 8.83. The zero-order chi connectivity index (χ0) is 13.6. The second-order valence-electron chi connectivity index (χ2n) is 5.20. The van der Waals surface area contributed by atoms with E-state index in [0.29, 0.717) is 0 Å². The topological polar surface area (TPSA) is 37.0 Å². The first kappa shape index (κ1) is 13.8. The second-order valence-corrected chi connectivity index (χ2v) is 5.20. The smallest absolute Gasteiger partial charge is 0.0642 e. The third-order valence-electron chi connectivity index (χ3n) is 3.83. The summed E-state index contributed by atoms with van der Waals surface area (Å²) in [4.78, 5) is 2.38. The average molecular weight is 277 g/mol. The molecule has 0 atom stereocenters. The Kier molecular flexibility index (Phi) is 4.86. The van der Waals surface area contributed by atoms with Crippen LogP contribution in [0.1, 0.15) is 5.56 Å². The molecule has 3 rings (SSSR count). The van der Waals surface area contributed by atoms with E-state index in [-0.39, 0.29) is 0 Å². The number of ether oxygens (including phenoxy) is 2. The summed E-state index contributed by atoms with van der Waals surface area (Å²) >= 11 is 0. The Morgan fingerprint density at radius 2 is 1.45 bits per heavy atom. The van der Waals surface area contributed by atoms with Gasteiger partial charge < -0.3 is 14.4 Å². The molecule has 0 unspecified atom stereocenters. The molecule has 0 aliphatic carbocycles. The second kappa shape index (κ2) is 7.04. The van der Waals surface area contributed by atoms with E-state index in [1.165, 1.54) is 11.3 Å². The molecule has 2 aliphatic rings. The lowest BCUT2D eigenvalue weighted by atomic mass is 10.2. The lowest BCUT2D eigenvalue weighted by molar-refractivity contribution is 0.0106. The highest BCUT2D eigenvalue weighted by Gasteiger charge is 2.11. The molecule has 0 bridgehead atoms. The predicted octanol–water partition coefficient (Wildman–Crippen LogP) is 0.860. The van der Waals surface area contributed by atoms with Crippen molar-refractivity contribution in [2.24, 2.45) is 0 Å². The Morgan fingerprint density at radius 1 is 0.850 bits per heavy atom. The maximum absolute atomic E-state index is 5.38. The van der Waals surface area contributed by atoms with Gasteiger partial charge in [-0.15, -0.1) is 0 Å². The van der Waals surface area contributed by atoms with Crippen LogP contribution in [0.3, 0.4) is 0 Å². The Balaban J connectivity index is 1.50. The number of hydrogen-bond donors (Lipinski definition) is 1. The van der Waals surface area contributed by atoms with Crippen LogP contribution >= 0.6 is 0 Å². The Morgan fingerprint density at radius 3 is 2.10 bits per heavy atom. The molecule has 5 nitrogen and oxygen atoms in total. The van der Waals surface area contributed by atoms with Gasteiger partial charge in [-0.2, -0.15) is 0 Å². The highest BCUT2D eigenvalue weighted by molar-refractivity contribution is 5.47. The summed E-state index contributed by atoms with van der Waals surface area (Å²) in [6.45, 7) is 8.10. The standard InChI is InChI=1S/C15H23N3O2/c1-3-15(17-5-9-19-10-6-17)4-2-14(1)13-16-18-7-11-20-12-8-18/h1-4,16H,5-13H2. The van der Waals surface area contributed by atoms with Gasteiger partial charge in [0.2, 0.25) is 0 Å². The summed E-state index contributed by atoms with van der Waals surface area (Å²) < 4.78 is 10.7. The molecule has 1 N–H and O–H groups in total. The minimum Gasteiger partial charge on any atom is -0.379 e. The zero-order valence-electron chi connectivity index (χ0n) is 11.9. The van der Waals surface area contributed by atoms with Crippen molar-refractivity contribution in [3.8, 4) is 0 Å². The third kappa shape index (κ3) is 3.70. The number of hydrazine groups is 1. The minimum absolute atomic E-state index is 0.822. The summed E-state index contributed by atoms with van der Waals surface area (Å²) in [5.41, 5.74) is 6.06. The van der Waals surface area contributed by atoms with Gasteiger partial charge in [0.25, 0.3) is 0 Å². The highest BCUT2D eigenvalue weighted by atomic mass is 16.5. The van der Waals surface area contributed by atoms with Crippen molar-refractivity contribution < 1.29 is 9.47 Å². The number of hydrogen-bond acceptors (Lipinski definition) is 5. The zero-order valence-corrected chi connectivity index (χ0v) is 11.9. The number of nitrogens with zero attached hydrogens (tertiary/aromatic N) is 2. The van der Waals surface area contributed by atoms with Gasteiger partial charge in [-0.3, -0.25) is 5.43 Å². The van der Waals surface area contributed by atoms with Gasteiger partial charge in [0.05, 0.1) is 26.4 Å². The number of benzene rings is 1. The molecule has 2 fully saturated rings. The number of rotatable bonds is 4. The normalized spacial score (nSPS) is 21.1. The Bertz CT molecular complexity index is 398. The maximum atomic E-state index is 5.38. The van der Waals surface area contributed by atoms with Crippen molar-refractivity contribution in [2.45, 2.75) is 6.54 Å². The van der Waals surface area contributed by atoms with Crippen molar-refractivity contribution in [2.75, 3.05) is 57.5 Å². The Hall–Kier alpha value is -1.14. The van der Waals surface area contributed by atoms with Gasteiger partial charge in [0.15, 0.2) is 0 Å². The van der Waals surface area contributed by atoms with Crippen LogP contribution in [-0.4, -0.2) is 57.6 Å². The SMILES string of the molecule is c1cc(N2CCOCC2)ccc1CNN1CCOCC1. The molecule has 20 heavy (non-hydrogen) atoms. The van der Waals surface area contributed by atoms with E-state index in [1.54, 1.807) is 0 Å². The van der Waals surface area contributed by atoms with E-state index >= 15 is 0 Å². The molecule has 0 saturated carbocycles. The summed E-state index contributed by atoms with van der Waals surface area (Å²) in [5, 5.41) is 2.24. The number of morpholine rings is 2. The van der Waals surface area contributed by atoms with Crippen LogP contribution in [0.25, 0.3) is 0 Å². The van der Waals surface area contributed by atoms with Crippen LogP contribution in [0.4, 0.5) is 5.69 Å². The molecule has 0 radical (unpaired) electrons. The van der Waals surface area contributed by atoms with Gasteiger partial charge in [-0.25, -0.2) is 5.01 Å². The van der Waals surface area contributed by atoms with Crippen molar-refractivity contribution in [3.05, 3.63) is 29.8 Å². The molecule has 2 saturated heterocycles. The van der Waals surface area contributed by atoms with E-state index < -0.39 is 0 Å². The first-order valence-corrected chi connectivity index (χ1v) is 7.40. The third-order valence-corrected chi connectivity index (χ3v) is 3.83. The van der Waals surface area contributed by atoms with Crippen LogP contribution in [-0.2, 0) is 16.0 Å². The predicted molar refractivity (Wildman–Crippen MR) is 78.7 cm³/mol. The monoisotopic (exact) mass is 277 g/mol. The van der Waals surface area contributed by atoms with E-state index in [1.807, 2.05) is 0 Å². The van der Waals surface area contributed by atoms with Gasteiger partial charge in [0, 0.05) is 38.4 Å². The van der Waals surface area contributed by atoms with Crippen LogP contribution in [0.2, 0.25) is 0 Å².